The van der Waals surface area contributed by atoms with Crippen molar-refractivity contribution < 1.29 is 24.6 Å². The van der Waals surface area contributed by atoms with E-state index in [0.29, 0.717) is 48.1 Å². The molecule has 0 bridgehead atoms. The van der Waals surface area contributed by atoms with Gasteiger partial charge in [-0.2, -0.15) is 0 Å². The molecule has 0 saturated heterocycles. The number of rotatable bonds is 1. The van der Waals surface area contributed by atoms with Gasteiger partial charge in [-0.1, -0.05) is 6.92 Å². The van der Waals surface area contributed by atoms with Gasteiger partial charge in [0.05, 0.1) is 0 Å². The van der Waals surface area contributed by atoms with Crippen molar-refractivity contribution in [2.75, 3.05) is 6.61 Å². The number of aliphatic hydroxyl groups is 1. The third-order valence-corrected chi connectivity index (χ3v) is 8.18. The maximum atomic E-state index is 12.4. The van der Waals surface area contributed by atoms with Gasteiger partial charge in [0.15, 0.2) is 0 Å². The van der Waals surface area contributed by atoms with E-state index in [1.165, 1.54) is 0 Å². The van der Waals surface area contributed by atoms with Crippen LogP contribution in [0, 0.1) is 34.5 Å². The zero-order valence-corrected chi connectivity index (χ0v) is 16.0. The number of carboxylic acid groups (broad SMARTS) is 1. The van der Waals surface area contributed by atoms with E-state index >= 15 is 0 Å². The van der Waals surface area contributed by atoms with Crippen molar-refractivity contribution in [3.63, 3.8) is 0 Å². The fourth-order valence-corrected chi connectivity index (χ4v) is 6.93. The second-order valence-electron chi connectivity index (χ2n) is 9.22. The van der Waals surface area contributed by atoms with Crippen LogP contribution in [0.4, 0.5) is 0 Å². The number of Topliss-reactive ketones (excluding diaryl/α,β-unsaturated/α-hetero) is 2. The van der Waals surface area contributed by atoms with Crippen LogP contribution in [0.25, 0.3) is 0 Å². The van der Waals surface area contributed by atoms with E-state index in [1.807, 2.05) is 0 Å². The Morgan fingerprint density at radius 3 is 2.42 bits per heavy atom. The number of hydrogen-bond acceptors (Lipinski definition) is 4. The van der Waals surface area contributed by atoms with Crippen LogP contribution in [0.15, 0.2) is 0 Å². The third-order valence-electron chi connectivity index (χ3n) is 8.18. The van der Waals surface area contributed by atoms with Crippen molar-refractivity contribution >= 4 is 17.5 Å². The summed E-state index contributed by atoms with van der Waals surface area (Å²) < 4.78 is 0. The van der Waals surface area contributed by atoms with E-state index in [4.69, 9.17) is 9.90 Å². The molecule has 0 heterocycles. The van der Waals surface area contributed by atoms with E-state index < -0.39 is 5.97 Å². The van der Waals surface area contributed by atoms with E-state index in [2.05, 4.69) is 6.92 Å². The van der Waals surface area contributed by atoms with Crippen LogP contribution in [-0.4, -0.2) is 34.4 Å². The first-order valence-corrected chi connectivity index (χ1v) is 10.1. The van der Waals surface area contributed by atoms with Gasteiger partial charge < -0.3 is 10.2 Å². The smallest absolute Gasteiger partial charge is 0.300 e. The van der Waals surface area contributed by atoms with Crippen molar-refractivity contribution in [2.24, 2.45) is 34.5 Å². The first-order valence-electron chi connectivity index (χ1n) is 10.1. The Labute approximate surface area is 155 Å². The lowest BCUT2D eigenvalue weighted by Crippen LogP contribution is -2.56. The Kier molecular flexibility index (Phi) is 5.31. The minimum absolute atomic E-state index is 0.0240. The number of carboxylic acids is 1. The summed E-state index contributed by atoms with van der Waals surface area (Å²) in [5.74, 6) is 2.09. The predicted octanol–water partition coefficient (Wildman–Crippen LogP) is 3.23. The third kappa shape index (κ3) is 3.02. The quantitative estimate of drug-likeness (QED) is 0.745. The van der Waals surface area contributed by atoms with Crippen molar-refractivity contribution in [2.45, 2.75) is 71.6 Å². The maximum absolute atomic E-state index is 12.4. The monoisotopic (exact) mass is 364 g/mol. The van der Waals surface area contributed by atoms with Gasteiger partial charge in [-0.3, -0.25) is 14.4 Å². The molecule has 4 saturated carbocycles. The Morgan fingerprint density at radius 2 is 1.77 bits per heavy atom. The molecule has 0 amide bonds. The summed E-state index contributed by atoms with van der Waals surface area (Å²) in [5.41, 5.74) is -0.112. The van der Waals surface area contributed by atoms with Crippen LogP contribution in [0.1, 0.15) is 71.6 Å². The first kappa shape index (κ1) is 19.5. The fourth-order valence-electron chi connectivity index (χ4n) is 6.93. The molecule has 6 atom stereocenters. The summed E-state index contributed by atoms with van der Waals surface area (Å²) >= 11 is 0. The SMILES string of the molecule is CC(=O)O.C[C@]12CC[C@H]3[C@@H](CC[C@H]4CC(=O)CC[C@@]43CO)[C@@H]1CCC2=O. The summed E-state index contributed by atoms with van der Waals surface area (Å²) in [6, 6.07) is 0. The molecule has 5 heteroatoms. The fraction of sp³-hybridized carbons (Fsp3) is 0.857. The highest BCUT2D eigenvalue weighted by Gasteiger charge is 2.61. The van der Waals surface area contributed by atoms with Crippen LogP contribution in [0.2, 0.25) is 0 Å². The van der Waals surface area contributed by atoms with E-state index in [0.717, 1.165) is 51.9 Å². The van der Waals surface area contributed by atoms with E-state index in [-0.39, 0.29) is 17.4 Å². The Morgan fingerprint density at radius 1 is 1.08 bits per heavy atom. The van der Waals surface area contributed by atoms with Gasteiger partial charge in [-0.15, -0.1) is 0 Å². The molecule has 5 nitrogen and oxygen atoms in total. The molecule has 0 radical (unpaired) electrons. The van der Waals surface area contributed by atoms with Crippen LogP contribution in [-0.2, 0) is 14.4 Å². The molecule has 0 spiro atoms. The lowest BCUT2D eigenvalue weighted by atomic mass is 9.45. The Balaban J connectivity index is 0.000000447. The van der Waals surface area contributed by atoms with Crippen molar-refractivity contribution in [3.8, 4) is 0 Å². The number of carbonyl (C=O) groups excluding carboxylic acids is 2. The molecule has 4 aliphatic rings. The topological polar surface area (TPSA) is 91.7 Å². The Hall–Kier alpha value is -1.23. The van der Waals surface area contributed by atoms with Gasteiger partial charge in [-0.05, 0) is 62.2 Å². The average molecular weight is 364 g/mol. The maximum Gasteiger partial charge on any atom is 0.300 e. The zero-order valence-electron chi connectivity index (χ0n) is 16.0. The van der Waals surface area contributed by atoms with Gasteiger partial charge in [0.25, 0.3) is 5.97 Å². The molecule has 4 aliphatic carbocycles. The molecule has 2 N–H and O–H groups in total. The molecular weight excluding hydrogens is 332 g/mol. The summed E-state index contributed by atoms with van der Waals surface area (Å²) in [6.45, 7) is 3.52. The van der Waals surface area contributed by atoms with Crippen LogP contribution in [0.5, 0.6) is 0 Å². The molecule has 0 unspecified atom stereocenters. The largest absolute Gasteiger partial charge is 0.481 e. The minimum Gasteiger partial charge on any atom is -0.481 e. The van der Waals surface area contributed by atoms with Gasteiger partial charge in [0.1, 0.15) is 11.6 Å². The molecule has 4 fully saturated rings. The Bertz CT molecular complexity index is 595. The number of carbonyl (C=O) groups is 3. The van der Waals surface area contributed by atoms with Gasteiger partial charge in [-0.25, -0.2) is 0 Å². The number of aliphatic carboxylic acids is 1. The number of aliphatic hydroxyl groups excluding tert-OH is 1. The highest BCUT2D eigenvalue weighted by molar-refractivity contribution is 5.87. The summed E-state index contributed by atoms with van der Waals surface area (Å²) in [7, 11) is 0. The molecule has 146 valence electrons. The van der Waals surface area contributed by atoms with Gasteiger partial charge in [0, 0.05) is 43.6 Å². The highest BCUT2D eigenvalue weighted by Crippen LogP contribution is 2.65. The second-order valence-corrected chi connectivity index (χ2v) is 9.22. The van der Waals surface area contributed by atoms with Crippen molar-refractivity contribution in [3.05, 3.63) is 0 Å². The van der Waals surface area contributed by atoms with Crippen molar-refractivity contribution in [1.29, 1.82) is 0 Å². The molecule has 0 aliphatic heterocycles. The van der Waals surface area contributed by atoms with Gasteiger partial charge >= 0.3 is 0 Å². The number of fused-ring (bicyclic) bond motifs is 5. The molecule has 0 aromatic carbocycles. The number of hydrogen-bond donors (Lipinski definition) is 2. The van der Waals surface area contributed by atoms with Crippen molar-refractivity contribution in [1.82, 2.24) is 0 Å². The number of ketones is 2. The second kappa shape index (κ2) is 7.06. The average Bonchev–Trinajstić information content (AvgIpc) is 2.89. The zero-order chi connectivity index (χ0) is 19.1. The minimum atomic E-state index is -0.833. The lowest BCUT2D eigenvalue weighted by molar-refractivity contribution is -0.154. The van der Waals surface area contributed by atoms with E-state index in [9.17, 15) is 14.7 Å². The van der Waals surface area contributed by atoms with E-state index in [1.54, 1.807) is 0 Å². The molecule has 0 aromatic heterocycles. The molecule has 4 rings (SSSR count). The predicted molar refractivity (Wildman–Crippen MR) is 96.5 cm³/mol. The normalized spacial score (nSPS) is 44.3. The lowest BCUT2D eigenvalue weighted by Gasteiger charge is -2.59. The van der Waals surface area contributed by atoms with Crippen LogP contribution >= 0.6 is 0 Å². The van der Waals surface area contributed by atoms with Gasteiger partial charge in [0.2, 0.25) is 0 Å². The summed E-state index contributed by atoms with van der Waals surface area (Å²) in [6.07, 6.45) is 8.36. The standard InChI is InChI=1S/C19H28O3.C2H4O2/c1-18-8-7-16-14(15(18)4-5-17(18)22)3-2-12-10-13(21)6-9-19(12,16)11-20;1-2(3)4/h12,14-16,20H,2-11H2,1H3;1H3,(H,3,4)/t12-,14-,15-,16-,18-,19+;/m0./s1. The molecule has 26 heavy (non-hydrogen) atoms. The highest BCUT2D eigenvalue weighted by atomic mass is 16.4. The molecule has 0 aromatic rings. The summed E-state index contributed by atoms with van der Waals surface area (Å²) in [5, 5.41) is 17.7. The molecular formula is C21H32O5. The summed E-state index contributed by atoms with van der Waals surface area (Å²) in [4.78, 5) is 33.3. The van der Waals surface area contributed by atoms with Crippen LogP contribution < -0.4 is 0 Å². The first-order chi connectivity index (χ1) is 12.2. The van der Waals surface area contributed by atoms with Crippen LogP contribution in [0.3, 0.4) is 0 Å².